The maximum Gasteiger partial charge on any atom is 0.249 e. The minimum absolute atomic E-state index is 0.398. The van der Waals surface area contributed by atoms with Gasteiger partial charge >= 0.3 is 0 Å². The monoisotopic (exact) mass is 170 g/mol. The summed E-state index contributed by atoms with van der Waals surface area (Å²) in [5, 5.41) is 1.77. The zero-order valence-corrected chi connectivity index (χ0v) is 6.95. The SMILES string of the molecule is NC(=O)c1cccc2[c]cccc12. The molecule has 13 heavy (non-hydrogen) atoms. The van der Waals surface area contributed by atoms with Gasteiger partial charge in [0.2, 0.25) is 5.91 Å². The summed E-state index contributed by atoms with van der Waals surface area (Å²) in [6, 6.07) is 14.0. The van der Waals surface area contributed by atoms with Crippen molar-refractivity contribution in [2.24, 2.45) is 5.73 Å². The second-order valence-electron chi connectivity index (χ2n) is 2.80. The average Bonchev–Trinajstić information content (AvgIpc) is 2.17. The van der Waals surface area contributed by atoms with E-state index in [9.17, 15) is 4.79 Å². The maximum absolute atomic E-state index is 11.0. The van der Waals surface area contributed by atoms with Gasteiger partial charge in [-0.1, -0.05) is 30.3 Å². The standard InChI is InChI=1S/C11H8NO/c12-11(13)10-7-3-5-8-4-1-2-6-9(8)10/h1-3,5-7H,(H2,12,13). The molecule has 63 valence electrons. The first-order chi connectivity index (χ1) is 6.29. The Morgan fingerprint density at radius 3 is 2.85 bits per heavy atom. The first kappa shape index (κ1) is 7.80. The molecule has 0 bridgehead atoms. The Balaban J connectivity index is 2.83. The molecule has 2 heteroatoms. The Morgan fingerprint density at radius 1 is 1.23 bits per heavy atom. The van der Waals surface area contributed by atoms with Crippen molar-refractivity contribution >= 4 is 16.7 Å². The van der Waals surface area contributed by atoms with Crippen molar-refractivity contribution in [2.45, 2.75) is 0 Å². The van der Waals surface area contributed by atoms with Gasteiger partial charge in [0.1, 0.15) is 0 Å². The topological polar surface area (TPSA) is 43.1 Å². The van der Waals surface area contributed by atoms with E-state index < -0.39 is 5.91 Å². The number of nitrogens with two attached hydrogens (primary N) is 1. The van der Waals surface area contributed by atoms with E-state index in [4.69, 9.17) is 5.73 Å². The predicted octanol–water partition coefficient (Wildman–Crippen LogP) is 1.74. The van der Waals surface area contributed by atoms with Crippen molar-refractivity contribution in [3.63, 3.8) is 0 Å². The van der Waals surface area contributed by atoms with Crippen molar-refractivity contribution in [1.82, 2.24) is 0 Å². The van der Waals surface area contributed by atoms with Gasteiger partial charge in [0.25, 0.3) is 0 Å². The van der Waals surface area contributed by atoms with Crippen LogP contribution in [0.2, 0.25) is 0 Å². The summed E-state index contributed by atoms with van der Waals surface area (Å²) < 4.78 is 0. The zero-order valence-electron chi connectivity index (χ0n) is 6.95. The van der Waals surface area contributed by atoms with Gasteiger partial charge in [-0.15, -0.1) is 0 Å². The van der Waals surface area contributed by atoms with E-state index in [1.54, 1.807) is 12.1 Å². The van der Waals surface area contributed by atoms with Crippen LogP contribution >= 0.6 is 0 Å². The Bertz CT molecular complexity index is 457. The first-order valence-electron chi connectivity index (χ1n) is 3.98. The van der Waals surface area contributed by atoms with Crippen molar-refractivity contribution in [3.05, 3.63) is 48.0 Å². The van der Waals surface area contributed by atoms with Crippen LogP contribution in [-0.2, 0) is 0 Å². The van der Waals surface area contributed by atoms with Gasteiger partial charge in [0.15, 0.2) is 0 Å². The molecule has 0 aliphatic heterocycles. The molecule has 2 rings (SSSR count). The minimum Gasteiger partial charge on any atom is -0.366 e. The van der Waals surface area contributed by atoms with E-state index in [-0.39, 0.29) is 0 Å². The molecule has 0 spiro atoms. The van der Waals surface area contributed by atoms with Gasteiger partial charge in [0.05, 0.1) is 0 Å². The Kier molecular flexibility index (Phi) is 1.74. The minimum atomic E-state index is -0.398. The molecule has 0 aliphatic carbocycles. The lowest BCUT2D eigenvalue weighted by Gasteiger charge is -2.00. The molecule has 0 unspecified atom stereocenters. The fourth-order valence-corrected chi connectivity index (χ4v) is 1.37. The Hall–Kier alpha value is -1.83. The second kappa shape index (κ2) is 2.90. The largest absolute Gasteiger partial charge is 0.366 e. The molecule has 0 heterocycles. The van der Waals surface area contributed by atoms with Crippen LogP contribution in [0, 0.1) is 6.07 Å². The summed E-state index contributed by atoms with van der Waals surface area (Å²) in [5.74, 6) is -0.398. The molecular formula is C11H8NO. The van der Waals surface area contributed by atoms with Crippen molar-refractivity contribution < 1.29 is 4.79 Å². The average molecular weight is 170 g/mol. The van der Waals surface area contributed by atoms with Gasteiger partial charge in [-0.3, -0.25) is 4.79 Å². The van der Waals surface area contributed by atoms with Crippen LogP contribution in [0.3, 0.4) is 0 Å². The number of amides is 1. The third kappa shape index (κ3) is 1.26. The van der Waals surface area contributed by atoms with Crippen molar-refractivity contribution in [2.75, 3.05) is 0 Å². The quantitative estimate of drug-likeness (QED) is 0.696. The number of carbonyl (C=O) groups excluding carboxylic acids is 1. The molecule has 1 radical (unpaired) electrons. The second-order valence-corrected chi connectivity index (χ2v) is 2.80. The van der Waals surface area contributed by atoms with Crippen LogP contribution in [0.1, 0.15) is 10.4 Å². The van der Waals surface area contributed by atoms with Gasteiger partial charge in [-0.05, 0) is 22.9 Å². The van der Waals surface area contributed by atoms with Crippen LogP contribution in [0.25, 0.3) is 10.8 Å². The normalized spacial score (nSPS) is 10.2. The van der Waals surface area contributed by atoms with E-state index in [0.717, 1.165) is 10.8 Å². The lowest BCUT2D eigenvalue weighted by atomic mass is 10.0. The molecule has 0 aliphatic rings. The molecule has 0 aromatic heterocycles. The molecule has 2 nitrogen and oxygen atoms in total. The summed E-state index contributed by atoms with van der Waals surface area (Å²) in [5.41, 5.74) is 5.78. The fourth-order valence-electron chi connectivity index (χ4n) is 1.37. The molecule has 2 aromatic carbocycles. The molecule has 1 amide bonds. The smallest absolute Gasteiger partial charge is 0.249 e. The third-order valence-corrected chi connectivity index (χ3v) is 1.97. The molecule has 0 atom stereocenters. The van der Waals surface area contributed by atoms with Gasteiger partial charge in [-0.2, -0.15) is 0 Å². The Labute approximate surface area is 76.0 Å². The van der Waals surface area contributed by atoms with Crippen LogP contribution < -0.4 is 5.73 Å². The van der Waals surface area contributed by atoms with Crippen LogP contribution in [0.4, 0.5) is 0 Å². The summed E-state index contributed by atoms with van der Waals surface area (Å²) in [6.45, 7) is 0. The molecule has 0 saturated heterocycles. The Morgan fingerprint density at radius 2 is 2.08 bits per heavy atom. The number of fused-ring (bicyclic) bond motifs is 1. The predicted molar refractivity (Wildman–Crippen MR) is 51.3 cm³/mol. The highest BCUT2D eigenvalue weighted by Gasteiger charge is 2.03. The molecule has 0 saturated carbocycles. The zero-order chi connectivity index (χ0) is 9.26. The van der Waals surface area contributed by atoms with Crippen LogP contribution in [0.5, 0.6) is 0 Å². The molecule has 0 fully saturated rings. The van der Waals surface area contributed by atoms with E-state index in [1.165, 1.54) is 0 Å². The van der Waals surface area contributed by atoms with Gasteiger partial charge in [-0.25, -0.2) is 0 Å². The lowest BCUT2D eigenvalue weighted by Crippen LogP contribution is -2.11. The molecular weight excluding hydrogens is 162 g/mol. The highest BCUT2D eigenvalue weighted by molar-refractivity contribution is 6.06. The van der Waals surface area contributed by atoms with E-state index in [2.05, 4.69) is 6.07 Å². The van der Waals surface area contributed by atoms with Crippen molar-refractivity contribution in [3.8, 4) is 0 Å². The van der Waals surface area contributed by atoms with Gasteiger partial charge < -0.3 is 5.73 Å². The first-order valence-corrected chi connectivity index (χ1v) is 3.98. The van der Waals surface area contributed by atoms with Crippen LogP contribution in [0.15, 0.2) is 36.4 Å². The highest BCUT2D eigenvalue weighted by Crippen LogP contribution is 2.16. The van der Waals surface area contributed by atoms with E-state index in [0.29, 0.717) is 5.56 Å². The summed E-state index contributed by atoms with van der Waals surface area (Å²) >= 11 is 0. The number of primary amides is 1. The summed E-state index contributed by atoms with van der Waals surface area (Å²) in [4.78, 5) is 11.0. The summed E-state index contributed by atoms with van der Waals surface area (Å²) in [7, 11) is 0. The van der Waals surface area contributed by atoms with Crippen molar-refractivity contribution in [1.29, 1.82) is 0 Å². The van der Waals surface area contributed by atoms with E-state index >= 15 is 0 Å². The lowest BCUT2D eigenvalue weighted by molar-refractivity contribution is 0.100. The molecule has 2 aromatic rings. The number of hydrogen-bond donors (Lipinski definition) is 1. The number of benzene rings is 2. The highest BCUT2D eigenvalue weighted by atomic mass is 16.1. The van der Waals surface area contributed by atoms with Gasteiger partial charge in [0, 0.05) is 5.56 Å². The number of carbonyl (C=O) groups is 1. The number of rotatable bonds is 1. The van der Waals surface area contributed by atoms with Crippen LogP contribution in [-0.4, -0.2) is 5.91 Å². The van der Waals surface area contributed by atoms with E-state index in [1.807, 2.05) is 24.3 Å². The fraction of sp³-hybridized carbons (Fsp3) is 0. The third-order valence-electron chi connectivity index (χ3n) is 1.97. The number of hydrogen-bond acceptors (Lipinski definition) is 1. The molecule has 2 N–H and O–H groups in total. The maximum atomic E-state index is 11.0. The summed E-state index contributed by atoms with van der Waals surface area (Å²) in [6.07, 6.45) is 0.